The molecule has 10 heteroatoms. The Kier molecular flexibility index (Phi) is 8.00. The number of halogens is 4. The van der Waals surface area contributed by atoms with Crippen LogP contribution in [0.2, 0.25) is 5.02 Å². The molecular weight excluding hydrogens is 383 g/mol. The lowest BCUT2D eigenvalue weighted by molar-refractivity contribution is 0.151. The van der Waals surface area contributed by atoms with E-state index in [0.717, 1.165) is 5.56 Å². The second-order valence-electron chi connectivity index (χ2n) is 5.38. The molecular formula is C17H17ClF3N5O. The van der Waals surface area contributed by atoms with E-state index in [0.29, 0.717) is 18.5 Å². The molecule has 0 fully saturated rings. The van der Waals surface area contributed by atoms with E-state index in [-0.39, 0.29) is 28.9 Å². The fraction of sp³-hybridized carbons (Fsp3) is 0.294. The largest absolute Gasteiger partial charge is 0.457 e. The zero-order chi connectivity index (χ0) is 19.6. The summed E-state index contributed by atoms with van der Waals surface area (Å²) in [6, 6.07) is 4.17. The van der Waals surface area contributed by atoms with Crippen LogP contribution in [0.25, 0.3) is 0 Å². The number of rotatable bonds is 10. The zero-order valence-electron chi connectivity index (χ0n) is 14.1. The Bertz CT molecular complexity index is 787. The first-order valence-electron chi connectivity index (χ1n) is 7.93. The highest BCUT2D eigenvalue weighted by atomic mass is 35.5. The number of aromatic nitrogens is 2. The van der Waals surface area contributed by atoms with Gasteiger partial charge in [-0.1, -0.05) is 11.6 Å². The molecule has 1 heterocycles. The summed E-state index contributed by atoms with van der Waals surface area (Å²) < 4.78 is 43.2. The molecule has 0 aliphatic heterocycles. The number of hydrogen-bond acceptors (Lipinski definition) is 6. The minimum absolute atomic E-state index is 0.0274. The Balaban J connectivity index is 1.94. The molecule has 0 atom stereocenters. The van der Waals surface area contributed by atoms with Gasteiger partial charge in [-0.15, -0.1) is 0 Å². The Morgan fingerprint density at radius 1 is 1.33 bits per heavy atom. The highest BCUT2D eigenvalue weighted by molar-refractivity contribution is 6.31. The average Bonchev–Trinajstić information content (AvgIpc) is 2.68. The summed E-state index contributed by atoms with van der Waals surface area (Å²) in [7, 11) is 0. The minimum Gasteiger partial charge on any atom is -0.457 e. The molecule has 1 aromatic carbocycles. The molecule has 2 rings (SSSR count). The van der Waals surface area contributed by atoms with Crippen LogP contribution in [0.5, 0.6) is 6.01 Å². The van der Waals surface area contributed by atoms with Crippen LogP contribution in [0, 0.1) is 5.53 Å². The van der Waals surface area contributed by atoms with Crippen molar-refractivity contribution < 1.29 is 17.9 Å². The second kappa shape index (κ2) is 10.5. The third kappa shape index (κ3) is 6.52. The number of alkyl halides is 3. The SMILES string of the molecule is N=N/C(=C\Nc1ccc(Cl)c(C(F)F)c1)COc1ncc(CCCF)cn1. The van der Waals surface area contributed by atoms with Gasteiger partial charge in [0.2, 0.25) is 0 Å². The van der Waals surface area contributed by atoms with Gasteiger partial charge in [0.05, 0.1) is 6.67 Å². The van der Waals surface area contributed by atoms with Gasteiger partial charge in [0.25, 0.3) is 6.43 Å². The van der Waals surface area contributed by atoms with Crippen molar-refractivity contribution in [3.63, 3.8) is 0 Å². The Hall–Kier alpha value is -2.68. The molecule has 0 aliphatic rings. The van der Waals surface area contributed by atoms with Gasteiger partial charge >= 0.3 is 6.01 Å². The molecule has 27 heavy (non-hydrogen) atoms. The predicted octanol–water partition coefficient (Wildman–Crippen LogP) is 5.33. The van der Waals surface area contributed by atoms with E-state index in [2.05, 4.69) is 20.4 Å². The third-order valence-corrected chi connectivity index (χ3v) is 3.75. The van der Waals surface area contributed by atoms with Crippen molar-refractivity contribution in [2.75, 3.05) is 18.6 Å². The fourth-order valence-corrected chi connectivity index (χ4v) is 2.23. The Labute approximate surface area is 158 Å². The summed E-state index contributed by atoms with van der Waals surface area (Å²) in [5.74, 6) is 0. The molecule has 0 unspecified atom stereocenters. The topological polar surface area (TPSA) is 83.2 Å². The van der Waals surface area contributed by atoms with Gasteiger partial charge in [-0.05, 0) is 36.6 Å². The van der Waals surface area contributed by atoms with Crippen LogP contribution in [0.4, 0.5) is 18.9 Å². The third-order valence-electron chi connectivity index (χ3n) is 3.41. The summed E-state index contributed by atoms with van der Waals surface area (Å²) in [5, 5.41) is 6.04. The van der Waals surface area contributed by atoms with Crippen LogP contribution in [-0.2, 0) is 6.42 Å². The van der Waals surface area contributed by atoms with E-state index in [9.17, 15) is 13.2 Å². The van der Waals surface area contributed by atoms with Gasteiger partial charge in [-0.25, -0.2) is 24.3 Å². The van der Waals surface area contributed by atoms with E-state index in [1.165, 1.54) is 36.8 Å². The van der Waals surface area contributed by atoms with Crippen LogP contribution in [0.15, 0.2) is 47.6 Å². The predicted molar refractivity (Wildman–Crippen MR) is 95.1 cm³/mol. The summed E-state index contributed by atoms with van der Waals surface area (Å²) in [5.41, 5.74) is 8.22. The van der Waals surface area contributed by atoms with E-state index in [1.54, 1.807) is 0 Å². The lowest BCUT2D eigenvalue weighted by atomic mass is 10.2. The zero-order valence-corrected chi connectivity index (χ0v) is 14.9. The molecule has 2 N–H and O–H groups in total. The molecule has 0 aliphatic carbocycles. The van der Waals surface area contributed by atoms with E-state index in [4.69, 9.17) is 21.9 Å². The van der Waals surface area contributed by atoms with Crippen LogP contribution < -0.4 is 10.1 Å². The molecule has 1 aromatic heterocycles. The van der Waals surface area contributed by atoms with Crippen LogP contribution in [0.3, 0.4) is 0 Å². The van der Waals surface area contributed by atoms with Crippen molar-refractivity contribution in [1.29, 1.82) is 5.53 Å². The first kappa shape index (κ1) is 20.6. The molecule has 0 bridgehead atoms. The number of benzene rings is 1. The summed E-state index contributed by atoms with van der Waals surface area (Å²) in [4.78, 5) is 7.99. The molecule has 0 spiro atoms. The average molecular weight is 400 g/mol. The van der Waals surface area contributed by atoms with Gasteiger partial charge in [0.15, 0.2) is 0 Å². The molecule has 0 saturated heterocycles. The first-order chi connectivity index (χ1) is 13.0. The van der Waals surface area contributed by atoms with E-state index in [1.807, 2.05) is 0 Å². The van der Waals surface area contributed by atoms with E-state index >= 15 is 0 Å². The van der Waals surface area contributed by atoms with Gasteiger partial charge in [0, 0.05) is 34.9 Å². The van der Waals surface area contributed by atoms with E-state index < -0.39 is 13.1 Å². The van der Waals surface area contributed by atoms with Crippen LogP contribution in [-0.4, -0.2) is 23.2 Å². The normalized spacial score (nSPS) is 11.5. The standard InChI is InChI=1S/C17H17ClF3N5O/c18-15-4-3-12(6-14(15)16(20)21)23-9-13(26-22)10-27-17-24-7-11(8-25-17)2-1-5-19/h3-4,6-9,16,22-23H,1-2,5,10H2/b13-9-,26-22?. The second-order valence-corrected chi connectivity index (χ2v) is 5.79. The molecule has 144 valence electrons. The lowest BCUT2D eigenvalue weighted by Crippen LogP contribution is -2.05. The lowest BCUT2D eigenvalue weighted by Gasteiger charge is -2.08. The van der Waals surface area contributed by atoms with Crippen molar-refractivity contribution >= 4 is 17.3 Å². The minimum atomic E-state index is -2.70. The summed E-state index contributed by atoms with van der Waals surface area (Å²) in [6.45, 7) is -0.507. The van der Waals surface area contributed by atoms with Gasteiger partial charge < -0.3 is 10.1 Å². The fourth-order valence-electron chi connectivity index (χ4n) is 2.03. The van der Waals surface area contributed by atoms with Gasteiger partial charge in [0.1, 0.15) is 12.3 Å². The quantitative estimate of drug-likeness (QED) is 0.529. The van der Waals surface area contributed by atoms with Crippen molar-refractivity contribution in [2.24, 2.45) is 5.11 Å². The smallest absolute Gasteiger partial charge is 0.316 e. The highest BCUT2D eigenvalue weighted by Gasteiger charge is 2.12. The van der Waals surface area contributed by atoms with Crippen molar-refractivity contribution in [1.82, 2.24) is 9.97 Å². The highest BCUT2D eigenvalue weighted by Crippen LogP contribution is 2.29. The Morgan fingerprint density at radius 3 is 2.70 bits per heavy atom. The number of aryl methyl sites for hydroxylation is 1. The monoisotopic (exact) mass is 399 g/mol. The van der Waals surface area contributed by atoms with Crippen molar-refractivity contribution in [3.05, 3.63) is 58.6 Å². The van der Waals surface area contributed by atoms with Gasteiger partial charge in [-0.3, -0.25) is 4.39 Å². The molecule has 0 radical (unpaired) electrons. The maximum absolute atomic E-state index is 12.8. The van der Waals surface area contributed by atoms with Crippen molar-refractivity contribution in [2.45, 2.75) is 19.3 Å². The first-order valence-corrected chi connectivity index (χ1v) is 8.31. The Morgan fingerprint density at radius 2 is 2.07 bits per heavy atom. The number of anilines is 1. The number of hydrogen-bond donors (Lipinski definition) is 2. The summed E-state index contributed by atoms with van der Waals surface area (Å²) in [6.07, 6.45) is 2.67. The molecule has 0 saturated carbocycles. The maximum atomic E-state index is 12.8. The number of nitrogens with one attached hydrogen (secondary N) is 2. The number of nitrogens with zero attached hydrogens (tertiary/aromatic N) is 3. The molecule has 2 aromatic rings. The van der Waals surface area contributed by atoms with Crippen LogP contribution in [0.1, 0.15) is 24.0 Å². The van der Waals surface area contributed by atoms with Crippen molar-refractivity contribution in [3.8, 4) is 6.01 Å². The maximum Gasteiger partial charge on any atom is 0.316 e. The molecule has 0 amide bonds. The summed E-state index contributed by atoms with van der Waals surface area (Å²) >= 11 is 5.71. The molecule has 6 nitrogen and oxygen atoms in total. The van der Waals surface area contributed by atoms with Crippen LogP contribution >= 0.6 is 11.6 Å². The number of ether oxygens (including phenoxy) is 1. The van der Waals surface area contributed by atoms with Gasteiger partial charge in [-0.2, -0.15) is 5.11 Å².